The molecule has 3 aromatic rings. The van der Waals surface area contributed by atoms with Gasteiger partial charge in [0.25, 0.3) is 5.69 Å². The van der Waals surface area contributed by atoms with E-state index in [-0.39, 0.29) is 16.9 Å². The van der Waals surface area contributed by atoms with Crippen LogP contribution in [0.4, 0.5) is 5.69 Å². The number of aryl methyl sites for hydroxylation is 1. The van der Waals surface area contributed by atoms with E-state index in [2.05, 4.69) is 24.5 Å². The van der Waals surface area contributed by atoms with E-state index in [0.29, 0.717) is 6.42 Å². The molecule has 28 heavy (non-hydrogen) atoms. The molecule has 0 saturated carbocycles. The maximum Gasteiger partial charge on any atom is 0.269 e. The third-order valence-corrected chi connectivity index (χ3v) is 5.32. The minimum atomic E-state index is -0.402. The van der Waals surface area contributed by atoms with Gasteiger partial charge in [-0.25, -0.2) is 0 Å². The first-order valence-electron chi connectivity index (χ1n) is 9.35. The number of hydrogen-bond donors (Lipinski definition) is 0. The topological polar surface area (TPSA) is 65.1 Å². The summed E-state index contributed by atoms with van der Waals surface area (Å²) in [6.07, 6.45) is 1.33. The Balaban J connectivity index is 1.96. The first-order valence-corrected chi connectivity index (χ1v) is 9.35. The highest BCUT2D eigenvalue weighted by molar-refractivity contribution is 6.00. The lowest BCUT2D eigenvalue weighted by molar-refractivity contribution is -0.384. The summed E-state index contributed by atoms with van der Waals surface area (Å²) >= 11 is 0. The van der Waals surface area contributed by atoms with Crippen molar-refractivity contribution < 1.29 is 9.72 Å². The molecular weight excluding hydrogens is 352 g/mol. The second-order valence-corrected chi connectivity index (χ2v) is 8.31. The van der Waals surface area contributed by atoms with E-state index in [1.54, 1.807) is 12.1 Å². The zero-order chi connectivity index (χ0) is 20.1. The fourth-order valence-electron chi connectivity index (χ4n) is 4.04. The Morgan fingerprint density at radius 2 is 1.75 bits per heavy atom. The van der Waals surface area contributed by atoms with E-state index < -0.39 is 4.92 Å². The van der Waals surface area contributed by atoms with Crippen LogP contribution in [0.3, 0.4) is 0 Å². The summed E-state index contributed by atoms with van der Waals surface area (Å²) in [4.78, 5) is 23.4. The van der Waals surface area contributed by atoms with Crippen molar-refractivity contribution in [2.45, 2.75) is 33.6 Å². The van der Waals surface area contributed by atoms with E-state index in [4.69, 9.17) is 0 Å². The second kappa shape index (κ2) is 6.44. The van der Waals surface area contributed by atoms with E-state index in [9.17, 15) is 14.9 Å². The fourth-order valence-corrected chi connectivity index (χ4v) is 4.04. The molecule has 5 nitrogen and oxygen atoms in total. The molecule has 2 aromatic carbocycles. The van der Waals surface area contributed by atoms with Crippen LogP contribution in [0.2, 0.25) is 0 Å². The number of nitro benzene ring substituents is 1. The van der Waals surface area contributed by atoms with Crippen molar-refractivity contribution in [3.63, 3.8) is 0 Å². The Morgan fingerprint density at radius 3 is 2.39 bits per heavy atom. The number of carbonyl (C=O) groups excluding carboxylic acids is 1. The first-order chi connectivity index (χ1) is 13.2. The Labute approximate surface area is 163 Å². The van der Waals surface area contributed by atoms with Crippen LogP contribution < -0.4 is 0 Å². The molecule has 0 unspecified atom stereocenters. The molecule has 5 heteroatoms. The highest BCUT2D eigenvalue weighted by Gasteiger charge is 2.35. The van der Waals surface area contributed by atoms with Crippen LogP contribution in [0.1, 0.15) is 41.9 Å². The van der Waals surface area contributed by atoms with Gasteiger partial charge in [0.05, 0.1) is 10.6 Å². The van der Waals surface area contributed by atoms with Crippen molar-refractivity contribution in [2.24, 2.45) is 5.41 Å². The molecule has 1 aromatic heterocycles. The zero-order valence-electron chi connectivity index (χ0n) is 16.2. The largest absolute Gasteiger partial charge is 0.313 e. The van der Waals surface area contributed by atoms with Crippen molar-refractivity contribution >= 4 is 11.5 Å². The van der Waals surface area contributed by atoms with Crippen LogP contribution in [0, 0.1) is 22.5 Å². The van der Waals surface area contributed by atoms with Gasteiger partial charge in [-0.2, -0.15) is 0 Å². The van der Waals surface area contributed by atoms with Crippen LogP contribution in [0.15, 0.2) is 54.6 Å². The quantitative estimate of drug-likeness (QED) is 0.448. The fraction of sp³-hybridized carbons (Fsp3) is 0.261. The predicted octanol–water partition coefficient (Wildman–Crippen LogP) is 5.52. The van der Waals surface area contributed by atoms with Gasteiger partial charge in [0, 0.05) is 35.5 Å². The number of ketones is 1. The van der Waals surface area contributed by atoms with Crippen LogP contribution in [-0.2, 0) is 6.42 Å². The van der Waals surface area contributed by atoms with E-state index in [1.807, 2.05) is 31.2 Å². The molecule has 0 fully saturated rings. The number of benzene rings is 2. The number of aromatic nitrogens is 1. The Hall–Kier alpha value is -3.21. The number of hydrogen-bond acceptors (Lipinski definition) is 3. The molecule has 4 rings (SSSR count). The van der Waals surface area contributed by atoms with E-state index >= 15 is 0 Å². The van der Waals surface area contributed by atoms with Crippen molar-refractivity contribution in [1.29, 1.82) is 0 Å². The maximum atomic E-state index is 12.8. The number of carbonyl (C=O) groups is 1. The van der Waals surface area contributed by atoms with Crippen LogP contribution in [0.5, 0.6) is 0 Å². The molecule has 1 heterocycles. The smallest absolute Gasteiger partial charge is 0.269 e. The second-order valence-electron chi connectivity index (χ2n) is 8.31. The minimum Gasteiger partial charge on any atom is -0.313 e. The van der Waals surface area contributed by atoms with Crippen molar-refractivity contribution in [3.8, 4) is 16.9 Å². The molecule has 0 radical (unpaired) electrons. The summed E-state index contributed by atoms with van der Waals surface area (Å²) in [5.41, 5.74) is 5.60. The van der Waals surface area contributed by atoms with Gasteiger partial charge in [0.15, 0.2) is 5.78 Å². The third-order valence-electron chi connectivity index (χ3n) is 5.32. The number of nitro groups is 1. The van der Waals surface area contributed by atoms with Gasteiger partial charge in [-0.3, -0.25) is 14.9 Å². The van der Waals surface area contributed by atoms with E-state index in [0.717, 1.165) is 40.2 Å². The highest BCUT2D eigenvalue weighted by Crippen LogP contribution is 2.40. The summed E-state index contributed by atoms with van der Waals surface area (Å²) in [5, 5.41) is 11.0. The van der Waals surface area contributed by atoms with Gasteiger partial charge in [-0.05, 0) is 60.2 Å². The Kier molecular flexibility index (Phi) is 4.18. The monoisotopic (exact) mass is 374 g/mol. The third kappa shape index (κ3) is 3.13. The highest BCUT2D eigenvalue weighted by atomic mass is 16.6. The van der Waals surface area contributed by atoms with Crippen LogP contribution in [-0.4, -0.2) is 15.3 Å². The molecule has 1 aliphatic rings. The maximum absolute atomic E-state index is 12.8. The van der Waals surface area contributed by atoms with Gasteiger partial charge in [0.1, 0.15) is 0 Å². The lowest BCUT2D eigenvalue weighted by atomic mass is 9.76. The van der Waals surface area contributed by atoms with Gasteiger partial charge in [0.2, 0.25) is 0 Å². The number of Topliss-reactive ketones (excluding diaryl/α,β-unsaturated/α-hetero) is 1. The SMILES string of the molecule is Cc1cccc(-n2c(-c3ccc([N+](=O)[O-])cc3)cc3c2CC(C)(C)CC3=O)c1. The number of nitrogens with zero attached hydrogens (tertiary/aromatic N) is 2. The van der Waals surface area contributed by atoms with Crippen molar-refractivity contribution in [2.75, 3.05) is 0 Å². The number of non-ortho nitro benzene ring substituents is 1. The molecule has 0 spiro atoms. The summed E-state index contributed by atoms with van der Waals surface area (Å²) in [6, 6.07) is 16.6. The molecule has 1 aliphatic carbocycles. The summed E-state index contributed by atoms with van der Waals surface area (Å²) in [6.45, 7) is 6.28. The van der Waals surface area contributed by atoms with Crippen molar-refractivity contribution in [3.05, 3.63) is 81.5 Å². The van der Waals surface area contributed by atoms with Gasteiger partial charge in [-0.15, -0.1) is 0 Å². The summed E-state index contributed by atoms with van der Waals surface area (Å²) in [7, 11) is 0. The molecule has 0 atom stereocenters. The molecule has 0 aliphatic heterocycles. The lowest BCUT2D eigenvalue weighted by Gasteiger charge is -2.30. The van der Waals surface area contributed by atoms with Crippen LogP contribution in [0.25, 0.3) is 16.9 Å². The number of fused-ring (bicyclic) bond motifs is 1. The molecule has 0 bridgehead atoms. The average Bonchev–Trinajstić information content (AvgIpc) is 3.00. The lowest BCUT2D eigenvalue weighted by Crippen LogP contribution is -2.27. The Bertz CT molecular complexity index is 1090. The standard InChI is InChI=1S/C23H22N2O3/c1-15-5-4-6-18(11-15)24-20(16-7-9-17(10-8-16)25(27)28)12-19-21(24)13-23(2,3)14-22(19)26/h4-12H,13-14H2,1-3H3. The number of rotatable bonds is 3. The predicted molar refractivity (Wildman–Crippen MR) is 109 cm³/mol. The molecule has 0 amide bonds. The summed E-state index contributed by atoms with van der Waals surface area (Å²) < 4.78 is 2.14. The van der Waals surface area contributed by atoms with Crippen LogP contribution >= 0.6 is 0 Å². The van der Waals surface area contributed by atoms with E-state index in [1.165, 1.54) is 12.1 Å². The van der Waals surface area contributed by atoms with Gasteiger partial charge < -0.3 is 4.57 Å². The zero-order valence-corrected chi connectivity index (χ0v) is 16.2. The molecule has 0 saturated heterocycles. The van der Waals surface area contributed by atoms with Gasteiger partial charge >= 0.3 is 0 Å². The molecular formula is C23H22N2O3. The normalized spacial score (nSPS) is 15.3. The first kappa shape index (κ1) is 18.2. The minimum absolute atomic E-state index is 0.0550. The van der Waals surface area contributed by atoms with Gasteiger partial charge in [-0.1, -0.05) is 26.0 Å². The molecule has 0 N–H and O–H groups in total. The average molecular weight is 374 g/mol. The summed E-state index contributed by atoms with van der Waals surface area (Å²) in [5.74, 6) is 0.154. The molecule has 142 valence electrons. The van der Waals surface area contributed by atoms with Crippen molar-refractivity contribution in [1.82, 2.24) is 4.57 Å². The Morgan fingerprint density at radius 1 is 1.04 bits per heavy atom.